The number of hydrogen-bond acceptors (Lipinski definition) is 2. The van der Waals surface area contributed by atoms with Gasteiger partial charge in [0.25, 0.3) is 0 Å². The molecule has 1 fully saturated rings. The zero-order valence-corrected chi connectivity index (χ0v) is 5.65. The van der Waals surface area contributed by atoms with Crippen LogP contribution < -0.4 is 5.32 Å². The summed E-state index contributed by atoms with van der Waals surface area (Å²) in [6, 6.07) is 0.318. The molecular formula is C6H11F2NO. The fraction of sp³-hybridized carbons (Fsp3) is 1.00. The van der Waals surface area contributed by atoms with Crippen molar-refractivity contribution in [2.75, 3.05) is 19.8 Å². The number of halogens is 2. The van der Waals surface area contributed by atoms with Gasteiger partial charge in [0, 0.05) is 13.0 Å². The van der Waals surface area contributed by atoms with Crippen LogP contribution in [0.5, 0.6) is 0 Å². The van der Waals surface area contributed by atoms with Crippen LogP contribution in [0.4, 0.5) is 8.78 Å². The SMILES string of the molecule is FC(F)CCNC1COC1. The highest BCUT2D eigenvalue weighted by Crippen LogP contribution is 2.01. The second-order valence-electron chi connectivity index (χ2n) is 2.37. The predicted octanol–water partition coefficient (Wildman–Crippen LogP) is 0.630. The molecule has 0 unspecified atom stereocenters. The molecule has 1 aliphatic rings. The van der Waals surface area contributed by atoms with Crippen molar-refractivity contribution in [3.63, 3.8) is 0 Å². The molecule has 0 aromatic heterocycles. The first-order chi connectivity index (χ1) is 4.79. The molecule has 1 heterocycles. The first-order valence-electron chi connectivity index (χ1n) is 3.38. The van der Waals surface area contributed by atoms with E-state index in [0.717, 1.165) is 0 Å². The van der Waals surface area contributed by atoms with E-state index in [1.54, 1.807) is 0 Å². The molecular weight excluding hydrogens is 140 g/mol. The first-order valence-corrected chi connectivity index (χ1v) is 3.38. The van der Waals surface area contributed by atoms with Crippen LogP contribution in [0.1, 0.15) is 6.42 Å². The van der Waals surface area contributed by atoms with Crippen molar-refractivity contribution in [3.05, 3.63) is 0 Å². The van der Waals surface area contributed by atoms with Crippen molar-refractivity contribution in [1.29, 1.82) is 0 Å². The summed E-state index contributed by atoms with van der Waals surface area (Å²) in [5.74, 6) is 0. The lowest BCUT2D eigenvalue weighted by molar-refractivity contribution is -0.00679. The summed E-state index contributed by atoms with van der Waals surface area (Å²) in [7, 11) is 0. The van der Waals surface area contributed by atoms with E-state index in [-0.39, 0.29) is 6.42 Å². The minimum Gasteiger partial charge on any atom is -0.378 e. The molecule has 0 radical (unpaired) electrons. The van der Waals surface area contributed by atoms with E-state index in [1.807, 2.05) is 0 Å². The van der Waals surface area contributed by atoms with Gasteiger partial charge in [0.05, 0.1) is 19.3 Å². The van der Waals surface area contributed by atoms with E-state index in [2.05, 4.69) is 5.32 Å². The summed E-state index contributed by atoms with van der Waals surface area (Å²) in [6.07, 6.45) is -2.25. The smallest absolute Gasteiger partial charge is 0.239 e. The van der Waals surface area contributed by atoms with Crippen LogP contribution in [0.2, 0.25) is 0 Å². The van der Waals surface area contributed by atoms with Crippen molar-refractivity contribution in [3.8, 4) is 0 Å². The minimum absolute atomic E-state index is 0.0590. The topological polar surface area (TPSA) is 21.3 Å². The lowest BCUT2D eigenvalue weighted by atomic mass is 10.2. The Balaban J connectivity index is 1.85. The summed E-state index contributed by atoms with van der Waals surface area (Å²) in [4.78, 5) is 0. The van der Waals surface area contributed by atoms with Crippen LogP contribution >= 0.6 is 0 Å². The third-order valence-electron chi connectivity index (χ3n) is 1.43. The zero-order chi connectivity index (χ0) is 7.40. The third-order valence-corrected chi connectivity index (χ3v) is 1.43. The normalized spacial score (nSPS) is 19.5. The minimum atomic E-state index is -2.19. The molecule has 0 saturated carbocycles. The van der Waals surface area contributed by atoms with Gasteiger partial charge in [-0.05, 0) is 0 Å². The van der Waals surface area contributed by atoms with Crippen molar-refractivity contribution < 1.29 is 13.5 Å². The van der Waals surface area contributed by atoms with Gasteiger partial charge in [-0.3, -0.25) is 0 Å². The van der Waals surface area contributed by atoms with Gasteiger partial charge in [0.15, 0.2) is 0 Å². The highest BCUT2D eigenvalue weighted by atomic mass is 19.3. The summed E-state index contributed by atoms with van der Waals surface area (Å²) in [5, 5.41) is 2.95. The average Bonchev–Trinajstić information content (AvgIpc) is 1.75. The van der Waals surface area contributed by atoms with Crippen LogP contribution in [0.3, 0.4) is 0 Å². The van der Waals surface area contributed by atoms with E-state index in [1.165, 1.54) is 0 Å². The van der Waals surface area contributed by atoms with E-state index in [9.17, 15) is 8.78 Å². The predicted molar refractivity (Wildman–Crippen MR) is 33.2 cm³/mol. The molecule has 0 aliphatic carbocycles. The first kappa shape index (κ1) is 7.88. The van der Waals surface area contributed by atoms with Crippen molar-refractivity contribution >= 4 is 0 Å². The lowest BCUT2D eigenvalue weighted by Gasteiger charge is -2.26. The molecule has 1 N–H and O–H groups in total. The molecule has 0 spiro atoms. The monoisotopic (exact) mass is 151 g/mol. The number of alkyl halides is 2. The molecule has 0 atom stereocenters. The Morgan fingerprint density at radius 2 is 2.20 bits per heavy atom. The maximum absolute atomic E-state index is 11.5. The lowest BCUT2D eigenvalue weighted by Crippen LogP contribution is -2.46. The van der Waals surface area contributed by atoms with Gasteiger partial charge in [0.1, 0.15) is 0 Å². The van der Waals surface area contributed by atoms with E-state index in [0.29, 0.717) is 25.8 Å². The largest absolute Gasteiger partial charge is 0.378 e. The van der Waals surface area contributed by atoms with Crippen molar-refractivity contribution in [2.24, 2.45) is 0 Å². The van der Waals surface area contributed by atoms with E-state index in [4.69, 9.17) is 4.74 Å². The van der Waals surface area contributed by atoms with Gasteiger partial charge in [-0.25, -0.2) is 8.78 Å². The van der Waals surface area contributed by atoms with Gasteiger partial charge in [-0.2, -0.15) is 0 Å². The van der Waals surface area contributed by atoms with Gasteiger partial charge in [0.2, 0.25) is 6.43 Å². The molecule has 60 valence electrons. The van der Waals surface area contributed by atoms with Gasteiger partial charge in [-0.15, -0.1) is 0 Å². The quantitative estimate of drug-likeness (QED) is 0.636. The standard InChI is InChI=1S/C6H11F2NO/c7-6(8)1-2-9-5-3-10-4-5/h5-6,9H,1-4H2. The summed E-state index contributed by atoms with van der Waals surface area (Å²) >= 11 is 0. The Bertz CT molecular complexity index is 95.7. The molecule has 1 saturated heterocycles. The van der Waals surface area contributed by atoms with Crippen molar-refractivity contribution in [2.45, 2.75) is 18.9 Å². The number of rotatable bonds is 4. The summed E-state index contributed by atoms with van der Waals surface area (Å²) < 4.78 is 27.9. The molecule has 4 heteroatoms. The molecule has 0 aromatic rings. The highest BCUT2D eigenvalue weighted by molar-refractivity contribution is 4.72. The molecule has 1 aliphatic heterocycles. The third kappa shape index (κ3) is 2.58. The molecule has 0 amide bonds. The maximum atomic E-state index is 11.5. The van der Waals surface area contributed by atoms with Crippen LogP contribution in [0.25, 0.3) is 0 Å². The van der Waals surface area contributed by atoms with Crippen LogP contribution in [0.15, 0.2) is 0 Å². The summed E-state index contributed by atoms with van der Waals surface area (Å²) in [5.41, 5.74) is 0. The average molecular weight is 151 g/mol. The Hall–Kier alpha value is -0.220. The molecule has 0 bridgehead atoms. The van der Waals surface area contributed by atoms with Gasteiger partial charge >= 0.3 is 0 Å². The van der Waals surface area contributed by atoms with E-state index >= 15 is 0 Å². The molecule has 1 rings (SSSR count). The van der Waals surface area contributed by atoms with Crippen LogP contribution in [0, 0.1) is 0 Å². The van der Waals surface area contributed by atoms with Gasteiger partial charge < -0.3 is 10.1 Å². The second-order valence-corrected chi connectivity index (χ2v) is 2.37. The second kappa shape index (κ2) is 3.83. The Labute approximate surface area is 58.6 Å². The molecule has 2 nitrogen and oxygen atoms in total. The number of ether oxygens (including phenoxy) is 1. The maximum Gasteiger partial charge on any atom is 0.239 e. The summed E-state index contributed by atoms with van der Waals surface area (Å²) in [6.45, 7) is 1.73. The number of nitrogens with one attached hydrogen (secondary N) is 1. The van der Waals surface area contributed by atoms with Gasteiger partial charge in [-0.1, -0.05) is 0 Å². The zero-order valence-electron chi connectivity index (χ0n) is 5.65. The number of hydrogen-bond donors (Lipinski definition) is 1. The van der Waals surface area contributed by atoms with Crippen LogP contribution in [-0.4, -0.2) is 32.2 Å². The Kier molecular flexibility index (Phi) is 3.02. The Morgan fingerprint density at radius 1 is 1.50 bits per heavy atom. The molecule has 0 aromatic carbocycles. The molecule has 10 heavy (non-hydrogen) atoms. The Morgan fingerprint density at radius 3 is 2.60 bits per heavy atom. The highest BCUT2D eigenvalue weighted by Gasteiger charge is 2.17. The fourth-order valence-corrected chi connectivity index (χ4v) is 0.750. The van der Waals surface area contributed by atoms with Crippen LogP contribution in [-0.2, 0) is 4.74 Å². The fourth-order valence-electron chi connectivity index (χ4n) is 0.750. The van der Waals surface area contributed by atoms with Crippen molar-refractivity contribution in [1.82, 2.24) is 5.32 Å². The van der Waals surface area contributed by atoms with E-state index < -0.39 is 6.43 Å².